The fourth-order valence-electron chi connectivity index (χ4n) is 3.55. The minimum Gasteiger partial charge on any atom is -0.319 e. The molecular formula is C23H17FN4O4. The van der Waals surface area contributed by atoms with Crippen LogP contribution in [0.15, 0.2) is 65.5 Å². The number of halogens is 1. The normalized spacial score (nSPS) is 10.8. The van der Waals surface area contributed by atoms with Crippen molar-refractivity contribution in [2.45, 2.75) is 13.8 Å². The Bertz CT molecular complexity index is 1460. The summed E-state index contributed by atoms with van der Waals surface area (Å²) in [7, 11) is 0. The van der Waals surface area contributed by atoms with Crippen molar-refractivity contribution in [2.24, 2.45) is 0 Å². The van der Waals surface area contributed by atoms with Crippen molar-refractivity contribution < 1.29 is 14.1 Å². The van der Waals surface area contributed by atoms with Gasteiger partial charge in [0.2, 0.25) is 0 Å². The molecule has 0 aliphatic carbocycles. The number of carbonyl (C=O) groups is 1. The number of nitrogens with zero attached hydrogens (tertiary/aromatic N) is 3. The van der Waals surface area contributed by atoms with Gasteiger partial charge in [-0.05, 0) is 50.2 Å². The van der Waals surface area contributed by atoms with E-state index in [1.165, 1.54) is 41.8 Å². The van der Waals surface area contributed by atoms with E-state index in [1.54, 1.807) is 31.2 Å². The molecule has 0 bridgehead atoms. The zero-order valence-corrected chi connectivity index (χ0v) is 17.1. The van der Waals surface area contributed by atoms with Crippen LogP contribution in [0.2, 0.25) is 0 Å². The van der Waals surface area contributed by atoms with E-state index in [0.29, 0.717) is 22.4 Å². The number of hydrogen-bond acceptors (Lipinski definition) is 5. The molecule has 1 amide bonds. The highest BCUT2D eigenvalue weighted by molar-refractivity contribution is 6.06. The van der Waals surface area contributed by atoms with Crippen molar-refractivity contribution in [3.05, 3.63) is 104 Å². The second-order valence-corrected chi connectivity index (χ2v) is 7.14. The minimum atomic E-state index is -0.718. The first-order chi connectivity index (χ1) is 15.3. The molecule has 4 rings (SSSR count). The van der Waals surface area contributed by atoms with Crippen LogP contribution in [0.4, 0.5) is 15.8 Å². The molecule has 0 spiro atoms. The molecule has 0 saturated carbocycles. The van der Waals surface area contributed by atoms with Crippen LogP contribution in [0.5, 0.6) is 0 Å². The van der Waals surface area contributed by atoms with Crippen molar-refractivity contribution in [3.8, 4) is 5.69 Å². The van der Waals surface area contributed by atoms with Gasteiger partial charge in [-0.25, -0.2) is 9.37 Å². The number of rotatable bonds is 4. The van der Waals surface area contributed by atoms with Crippen LogP contribution < -0.4 is 10.9 Å². The Morgan fingerprint density at radius 3 is 2.59 bits per heavy atom. The summed E-state index contributed by atoms with van der Waals surface area (Å²) in [4.78, 5) is 40.7. The fourth-order valence-corrected chi connectivity index (χ4v) is 3.55. The van der Waals surface area contributed by atoms with Gasteiger partial charge in [-0.15, -0.1) is 0 Å². The molecule has 1 aromatic heterocycles. The van der Waals surface area contributed by atoms with Crippen LogP contribution in [0.25, 0.3) is 16.6 Å². The Hall–Kier alpha value is -4.40. The summed E-state index contributed by atoms with van der Waals surface area (Å²) in [5, 5.41) is 14.0. The van der Waals surface area contributed by atoms with E-state index in [0.717, 1.165) is 6.07 Å². The molecule has 8 nitrogen and oxygen atoms in total. The molecule has 0 fully saturated rings. The summed E-state index contributed by atoms with van der Waals surface area (Å²) >= 11 is 0. The predicted octanol–water partition coefficient (Wildman–Crippen LogP) is 4.30. The Balaban J connectivity index is 1.76. The summed E-state index contributed by atoms with van der Waals surface area (Å²) < 4.78 is 15.8. The molecule has 4 aromatic rings. The van der Waals surface area contributed by atoms with E-state index < -0.39 is 16.6 Å². The average molecular weight is 432 g/mol. The molecule has 0 radical (unpaired) electrons. The monoisotopic (exact) mass is 432 g/mol. The summed E-state index contributed by atoms with van der Waals surface area (Å²) in [6.07, 6.45) is 0. The highest BCUT2D eigenvalue weighted by Gasteiger charge is 2.19. The SMILES string of the molecule is Cc1c(C(=O)Nc2cc(-n3c(C)nc4ccccc4c3=O)ccc2F)cccc1[N+](=O)[O-]. The maximum atomic E-state index is 14.5. The maximum absolute atomic E-state index is 14.5. The van der Waals surface area contributed by atoms with Crippen molar-refractivity contribution in [1.29, 1.82) is 0 Å². The van der Waals surface area contributed by atoms with Gasteiger partial charge >= 0.3 is 0 Å². The van der Waals surface area contributed by atoms with Crippen molar-refractivity contribution in [2.75, 3.05) is 5.32 Å². The van der Waals surface area contributed by atoms with Gasteiger partial charge in [-0.3, -0.25) is 24.3 Å². The van der Waals surface area contributed by atoms with Crippen LogP contribution in [0.3, 0.4) is 0 Å². The molecule has 1 heterocycles. The standard InChI is InChI=1S/C23H17FN4O4/c1-13-16(7-5-9-21(13)28(31)32)22(29)26-20-12-15(10-11-18(20)24)27-14(2)25-19-8-4-3-6-17(19)23(27)30/h3-12H,1-2H3,(H,26,29). The third-order valence-corrected chi connectivity index (χ3v) is 5.15. The van der Waals surface area contributed by atoms with Gasteiger partial charge < -0.3 is 5.32 Å². The second kappa shape index (κ2) is 8.03. The number of hydrogen-bond donors (Lipinski definition) is 1. The molecule has 9 heteroatoms. The third-order valence-electron chi connectivity index (χ3n) is 5.15. The lowest BCUT2D eigenvalue weighted by Gasteiger charge is -2.14. The maximum Gasteiger partial charge on any atom is 0.273 e. The van der Waals surface area contributed by atoms with Crippen molar-refractivity contribution >= 4 is 28.2 Å². The Labute approximate surface area is 181 Å². The second-order valence-electron chi connectivity index (χ2n) is 7.14. The van der Waals surface area contributed by atoms with Crippen LogP contribution >= 0.6 is 0 Å². The molecule has 3 aromatic carbocycles. The number of benzene rings is 3. The van der Waals surface area contributed by atoms with Crippen molar-refractivity contribution in [1.82, 2.24) is 9.55 Å². The molecule has 160 valence electrons. The van der Waals surface area contributed by atoms with E-state index >= 15 is 0 Å². The average Bonchev–Trinajstić information content (AvgIpc) is 2.75. The number of para-hydroxylation sites is 1. The number of carbonyl (C=O) groups excluding carboxylic acids is 1. The molecular weight excluding hydrogens is 415 g/mol. The van der Waals surface area contributed by atoms with Gasteiger partial charge in [0.25, 0.3) is 17.2 Å². The number of nitro benzene ring substituents is 1. The van der Waals surface area contributed by atoms with Crippen LogP contribution in [-0.4, -0.2) is 20.4 Å². The van der Waals surface area contributed by atoms with E-state index in [9.17, 15) is 24.1 Å². The van der Waals surface area contributed by atoms with Gasteiger partial charge in [0, 0.05) is 17.2 Å². The largest absolute Gasteiger partial charge is 0.319 e. The Morgan fingerprint density at radius 2 is 1.84 bits per heavy atom. The zero-order chi connectivity index (χ0) is 23.0. The quantitative estimate of drug-likeness (QED) is 0.382. The molecule has 0 saturated heterocycles. The number of nitrogens with one attached hydrogen (secondary N) is 1. The van der Waals surface area contributed by atoms with E-state index in [1.807, 2.05) is 0 Å². The Kier molecular flexibility index (Phi) is 5.23. The lowest BCUT2D eigenvalue weighted by Crippen LogP contribution is -2.22. The van der Waals surface area contributed by atoms with Crippen LogP contribution in [-0.2, 0) is 0 Å². The van der Waals surface area contributed by atoms with Crippen LogP contribution in [0, 0.1) is 29.8 Å². The summed E-state index contributed by atoms with van der Waals surface area (Å²) in [5.41, 5.74) is 0.365. The predicted molar refractivity (Wildman–Crippen MR) is 118 cm³/mol. The molecule has 0 aliphatic rings. The number of amides is 1. The smallest absolute Gasteiger partial charge is 0.273 e. The molecule has 1 N–H and O–H groups in total. The molecule has 0 atom stereocenters. The van der Waals surface area contributed by atoms with Crippen molar-refractivity contribution in [3.63, 3.8) is 0 Å². The minimum absolute atomic E-state index is 0.0460. The zero-order valence-electron chi connectivity index (χ0n) is 17.1. The van der Waals surface area contributed by atoms with Gasteiger partial charge in [0.15, 0.2) is 0 Å². The Morgan fingerprint density at radius 1 is 1.09 bits per heavy atom. The number of aromatic nitrogens is 2. The number of anilines is 1. The van der Waals surface area contributed by atoms with E-state index in [-0.39, 0.29) is 28.1 Å². The molecule has 0 unspecified atom stereocenters. The fraction of sp³-hybridized carbons (Fsp3) is 0.0870. The van der Waals surface area contributed by atoms with Gasteiger partial charge in [-0.1, -0.05) is 18.2 Å². The molecule has 0 aliphatic heterocycles. The van der Waals surface area contributed by atoms with Gasteiger partial charge in [0.05, 0.1) is 27.2 Å². The number of nitro groups is 1. The van der Waals surface area contributed by atoms with Gasteiger partial charge in [-0.2, -0.15) is 0 Å². The van der Waals surface area contributed by atoms with E-state index in [2.05, 4.69) is 10.3 Å². The van der Waals surface area contributed by atoms with Crippen LogP contribution in [0.1, 0.15) is 21.7 Å². The van der Waals surface area contributed by atoms with Gasteiger partial charge in [0.1, 0.15) is 11.6 Å². The third kappa shape index (κ3) is 3.60. The highest BCUT2D eigenvalue weighted by Crippen LogP contribution is 2.24. The first-order valence-corrected chi connectivity index (χ1v) is 9.61. The topological polar surface area (TPSA) is 107 Å². The lowest BCUT2D eigenvalue weighted by atomic mass is 10.1. The number of fused-ring (bicyclic) bond motifs is 1. The number of aryl methyl sites for hydroxylation is 1. The summed E-state index contributed by atoms with van der Waals surface area (Å²) in [6.45, 7) is 3.10. The summed E-state index contributed by atoms with van der Waals surface area (Å²) in [5.74, 6) is -1.03. The highest BCUT2D eigenvalue weighted by atomic mass is 19.1. The lowest BCUT2D eigenvalue weighted by molar-refractivity contribution is -0.385. The first-order valence-electron chi connectivity index (χ1n) is 9.61. The first kappa shape index (κ1) is 20.9. The molecule has 32 heavy (non-hydrogen) atoms. The van der Waals surface area contributed by atoms with E-state index in [4.69, 9.17) is 0 Å². The summed E-state index contributed by atoms with van der Waals surface area (Å²) in [6, 6.07) is 14.8.